The molecule has 1 fully saturated rings. The molecule has 2 atom stereocenters. The van der Waals surface area contributed by atoms with Gasteiger partial charge in [0.1, 0.15) is 12.1 Å². The van der Waals surface area contributed by atoms with Gasteiger partial charge < -0.3 is 14.8 Å². The van der Waals surface area contributed by atoms with E-state index in [2.05, 4.69) is 31.2 Å². The monoisotopic (exact) mass is 351 g/mol. The quantitative estimate of drug-likeness (QED) is 0.848. The third-order valence-corrected chi connectivity index (χ3v) is 3.96. The number of halogens is 1. The highest BCUT2D eigenvalue weighted by Crippen LogP contribution is 2.28. The van der Waals surface area contributed by atoms with Crippen LogP contribution in [0.3, 0.4) is 0 Å². The van der Waals surface area contributed by atoms with Crippen molar-refractivity contribution in [3.8, 4) is 5.88 Å². The fourth-order valence-corrected chi connectivity index (χ4v) is 2.76. The van der Waals surface area contributed by atoms with Crippen LogP contribution < -0.4 is 10.1 Å². The van der Waals surface area contributed by atoms with Crippen LogP contribution in [0.2, 0.25) is 0 Å². The van der Waals surface area contributed by atoms with Gasteiger partial charge in [-0.2, -0.15) is 0 Å². The molecule has 0 spiro atoms. The maximum absolute atomic E-state index is 11.5. The van der Waals surface area contributed by atoms with Gasteiger partial charge in [-0.25, -0.2) is 4.98 Å². The van der Waals surface area contributed by atoms with Crippen LogP contribution in [0.5, 0.6) is 5.88 Å². The van der Waals surface area contributed by atoms with Gasteiger partial charge >= 0.3 is 5.97 Å². The molecule has 0 unspecified atom stereocenters. The normalized spacial score (nSPS) is 21.4. The highest BCUT2D eigenvalue weighted by atomic mass is 79.9. The Bertz CT molecular complexity index is 680. The molecular formula is C14H14BrN3O3. The first-order valence-electron chi connectivity index (χ1n) is 6.55. The Labute approximate surface area is 130 Å². The van der Waals surface area contributed by atoms with Gasteiger partial charge in [0.25, 0.3) is 0 Å². The first-order chi connectivity index (χ1) is 10.2. The van der Waals surface area contributed by atoms with Crippen molar-refractivity contribution >= 4 is 32.8 Å². The van der Waals surface area contributed by atoms with Crippen molar-refractivity contribution < 1.29 is 14.3 Å². The van der Waals surface area contributed by atoms with Gasteiger partial charge in [0.2, 0.25) is 5.88 Å². The first kappa shape index (κ1) is 14.2. The molecule has 21 heavy (non-hydrogen) atoms. The Hall–Kier alpha value is -1.73. The lowest BCUT2D eigenvalue weighted by Crippen LogP contribution is -2.31. The summed E-state index contributed by atoms with van der Waals surface area (Å²) >= 11 is 3.46. The van der Waals surface area contributed by atoms with Crippen LogP contribution in [0.25, 0.3) is 10.9 Å². The minimum Gasteiger partial charge on any atom is -0.472 e. The minimum absolute atomic E-state index is 0.114. The molecule has 2 aromatic rings. The van der Waals surface area contributed by atoms with Crippen LogP contribution in [0.4, 0.5) is 0 Å². The number of methoxy groups -OCH3 is 1. The number of pyridine rings is 2. The molecule has 1 aliphatic rings. The van der Waals surface area contributed by atoms with Crippen molar-refractivity contribution in [2.24, 2.45) is 0 Å². The molecule has 1 aliphatic heterocycles. The lowest BCUT2D eigenvalue weighted by molar-refractivity contribution is -0.142. The highest BCUT2D eigenvalue weighted by Gasteiger charge is 2.31. The van der Waals surface area contributed by atoms with Gasteiger partial charge in [-0.15, -0.1) is 0 Å². The number of esters is 1. The fourth-order valence-electron chi connectivity index (χ4n) is 2.33. The number of rotatable bonds is 3. The summed E-state index contributed by atoms with van der Waals surface area (Å²) in [5.74, 6) is 0.253. The molecule has 110 valence electrons. The molecule has 0 saturated carbocycles. The van der Waals surface area contributed by atoms with Crippen molar-refractivity contribution in [1.82, 2.24) is 15.3 Å². The molecule has 0 aliphatic carbocycles. The summed E-state index contributed by atoms with van der Waals surface area (Å²) < 4.78 is 11.4. The number of nitrogens with zero attached hydrogens (tertiary/aromatic N) is 2. The molecular weight excluding hydrogens is 338 g/mol. The molecule has 3 rings (SSSR count). The number of carbonyl (C=O) groups is 1. The smallest absolute Gasteiger partial charge is 0.323 e. The predicted molar refractivity (Wildman–Crippen MR) is 80.1 cm³/mol. The van der Waals surface area contributed by atoms with Crippen LogP contribution in [-0.2, 0) is 9.53 Å². The molecule has 7 heteroatoms. The second-order valence-electron chi connectivity index (χ2n) is 4.80. The Morgan fingerprint density at radius 3 is 3.19 bits per heavy atom. The standard InChI is InChI=1S/C14H14BrN3O3/c1-20-14(19)12-5-9(7-17-12)21-13-10(15)4-8-6-16-3-2-11(8)18-13/h2-4,6,9,12,17H,5,7H2,1H3/t9-,12+/m1/s1. The molecule has 0 aromatic carbocycles. The van der Waals surface area contributed by atoms with E-state index in [0.29, 0.717) is 18.8 Å². The van der Waals surface area contributed by atoms with Crippen LogP contribution in [-0.4, -0.2) is 41.7 Å². The van der Waals surface area contributed by atoms with E-state index < -0.39 is 0 Å². The van der Waals surface area contributed by atoms with Crippen molar-refractivity contribution in [3.63, 3.8) is 0 Å². The summed E-state index contributed by atoms with van der Waals surface area (Å²) in [6.45, 7) is 0.586. The first-order valence-corrected chi connectivity index (χ1v) is 7.35. The van der Waals surface area contributed by atoms with Crippen LogP contribution >= 0.6 is 15.9 Å². The molecule has 3 heterocycles. The Morgan fingerprint density at radius 2 is 2.38 bits per heavy atom. The maximum Gasteiger partial charge on any atom is 0.323 e. The summed E-state index contributed by atoms with van der Waals surface area (Å²) in [5.41, 5.74) is 0.818. The van der Waals surface area contributed by atoms with E-state index in [1.165, 1.54) is 7.11 Å². The minimum atomic E-state index is -0.316. The number of aromatic nitrogens is 2. The highest BCUT2D eigenvalue weighted by molar-refractivity contribution is 9.10. The predicted octanol–water partition coefficient (Wildman–Crippen LogP) is 1.67. The van der Waals surface area contributed by atoms with Gasteiger partial charge in [-0.05, 0) is 28.1 Å². The van der Waals surface area contributed by atoms with Crippen molar-refractivity contribution in [2.75, 3.05) is 13.7 Å². The van der Waals surface area contributed by atoms with Crippen molar-refractivity contribution in [1.29, 1.82) is 0 Å². The van der Waals surface area contributed by atoms with Crippen molar-refractivity contribution in [2.45, 2.75) is 18.6 Å². The summed E-state index contributed by atoms with van der Waals surface area (Å²) in [4.78, 5) is 20.0. The van der Waals surface area contributed by atoms with E-state index in [0.717, 1.165) is 15.4 Å². The van der Waals surface area contributed by atoms with Crippen LogP contribution in [0.15, 0.2) is 29.0 Å². The van der Waals surface area contributed by atoms with Gasteiger partial charge in [-0.3, -0.25) is 9.78 Å². The molecule has 0 radical (unpaired) electrons. The van der Waals surface area contributed by atoms with Gasteiger partial charge in [0, 0.05) is 30.7 Å². The number of fused-ring (bicyclic) bond motifs is 1. The van der Waals surface area contributed by atoms with Gasteiger partial charge in [0.15, 0.2) is 0 Å². The SMILES string of the molecule is COC(=O)[C@@H]1C[C@@H](Oc2nc3ccncc3cc2Br)CN1. The van der Waals surface area contributed by atoms with E-state index in [4.69, 9.17) is 9.47 Å². The largest absolute Gasteiger partial charge is 0.472 e. The number of ether oxygens (including phenoxy) is 2. The van der Waals surface area contributed by atoms with E-state index >= 15 is 0 Å². The second-order valence-corrected chi connectivity index (χ2v) is 5.66. The van der Waals surface area contributed by atoms with Gasteiger partial charge in [0.05, 0.1) is 17.1 Å². The Morgan fingerprint density at radius 1 is 1.52 bits per heavy atom. The number of nitrogens with one attached hydrogen (secondary N) is 1. The zero-order chi connectivity index (χ0) is 14.8. The zero-order valence-electron chi connectivity index (χ0n) is 11.4. The third kappa shape index (κ3) is 2.98. The number of hydrogen-bond acceptors (Lipinski definition) is 6. The third-order valence-electron chi connectivity index (χ3n) is 3.39. The molecule has 2 aromatic heterocycles. The summed E-state index contributed by atoms with van der Waals surface area (Å²) in [6.07, 6.45) is 3.89. The average molecular weight is 352 g/mol. The summed E-state index contributed by atoms with van der Waals surface area (Å²) in [6, 6.07) is 3.44. The molecule has 0 bridgehead atoms. The second kappa shape index (κ2) is 5.95. The van der Waals surface area contributed by atoms with Crippen LogP contribution in [0.1, 0.15) is 6.42 Å². The number of hydrogen-bond donors (Lipinski definition) is 1. The van der Waals surface area contributed by atoms with Gasteiger partial charge in [-0.1, -0.05) is 0 Å². The van der Waals surface area contributed by atoms with E-state index in [1.807, 2.05) is 12.1 Å². The number of carbonyl (C=O) groups excluding carboxylic acids is 1. The van der Waals surface area contributed by atoms with E-state index in [-0.39, 0.29) is 18.1 Å². The molecule has 1 N–H and O–H groups in total. The fraction of sp³-hybridized carbons (Fsp3) is 0.357. The Balaban J connectivity index is 1.76. The molecule has 6 nitrogen and oxygen atoms in total. The summed E-state index contributed by atoms with van der Waals surface area (Å²) in [5, 5.41) is 4.02. The maximum atomic E-state index is 11.5. The zero-order valence-corrected chi connectivity index (χ0v) is 13.0. The summed E-state index contributed by atoms with van der Waals surface area (Å²) in [7, 11) is 1.38. The van der Waals surface area contributed by atoms with E-state index in [1.54, 1.807) is 12.4 Å². The van der Waals surface area contributed by atoms with Crippen molar-refractivity contribution in [3.05, 3.63) is 29.0 Å². The van der Waals surface area contributed by atoms with Crippen LogP contribution in [0, 0.1) is 0 Å². The lowest BCUT2D eigenvalue weighted by atomic mass is 10.2. The molecule has 0 amide bonds. The topological polar surface area (TPSA) is 73.3 Å². The lowest BCUT2D eigenvalue weighted by Gasteiger charge is -2.13. The Kier molecular flexibility index (Phi) is 4.03. The van der Waals surface area contributed by atoms with E-state index in [9.17, 15) is 4.79 Å². The average Bonchev–Trinajstić information content (AvgIpc) is 2.96. The molecule has 1 saturated heterocycles.